The third kappa shape index (κ3) is 3.50. The Morgan fingerprint density at radius 2 is 2.12 bits per heavy atom. The number of methoxy groups -OCH3 is 1. The van der Waals surface area contributed by atoms with Crippen molar-refractivity contribution in [2.75, 3.05) is 20.2 Å². The average Bonchev–Trinajstić information content (AvgIpc) is 2.86. The van der Waals surface area contributed by atoms with E-state index in [0.717, 1.165) is 30.4 Å². The maximum Gasteiger partial charge on any atom is 0.407 e. The first-order valence-corrected chi connectivity index (χ1v) is 10.00. The fraction of sp³-hybridized carbons (Fsp3) is 0.667. The minimum Gasteiger partial charge on any atom is -0.598 e. The van der Waals surface area contributed by atoms with Crippen LogP contribution in [0.15, 0.2) is 12.3 Å². The largest absolute Gasteiger partial charge is 0.598 e. The molecule has 0 saturated carbocycles. The highest BCUT2D eigenvalue weighted by Gasteiger charge is 2.51. The van der Waals surface area contributed by atoms with Gasteiger partial charge in [0.25, 0.3) is 0 Å². The van der Waals surface area contributed by atoms with E-state index in [1.165, 1.54) is 4.90 Å². The van der Waals surface area contributed by atoms with E-state index in [1.807, 2.05) is 33.0 Å². The van der Waals surface area contributed by atoms with Gasteiger partial charge in [0.2, 0.25) is 5.88 Å². The number of pyridine rings is 1. The molecule has 1 amide bonds. The Labute approximate surface area is 157 Å². The summed E-state index contributed by atoms with van der Waals surface area (Å²) < 4.78 is 21.0. The third-order valence-electron chi connectivity index (χ3n) is 5.49. The molecule has 3 rings (SSSR count). The topological polar surface area (TPSA) is 97.8 Å². The Hall–Kier alpha value is -1.51. The van der Waals surface area contributed by atoms with Crippen molar-refractivity contribution in [3.8, 4) is 5.88 Å². The van der Waals surface area contributed by atoms with E-state index < -0.39 is 17.5 Å². The zero-order valence-electron chi connectivity index (χ0n) is 15.7. The van der Waals surface area contributed by atoms with Gasteiger partial charge in [0.15, 0.2) is 0 Å². The second-order valence-corrected chi connectivity index (χ2v) is 10.2. The van der Waals surface area contributed by atoms with Crippen LogP contribution in [0.2, 0.25) is 0 Å². The van der Waals surface area contributed by atoms with E-state index in [2.05, 4.69) is 9.71 Å². The standard InChI is InChI=1S/C18H27N3O4S/c1-17(2,3)26(24)20-15-13-11-19-14(25-4)9-12(13)10-18(15)5-7-21(8-6-18)16(22)23/h9,11,15,20H,5-8,10H2,1-4H3,(H,22,23)/t15-,26?/m1/s1. The fourth-order valence-electron chi connectivity index (χ4n) is 3.90. The van der Waals surface area contributed by atoms with Gasteiger partial charge in [-0.1, -0.05) is 0 Å². The number of fused-ring (bicyclic) bond motifs is 1. The van der Waals surface area contributed by atoms with E-state index in [4.69, 9.17) is 4.74 Å². The predicted octanol–water partition coefficient (Wildman–Crippen LogP) is 2.50. The van der Waals surface area contributed by atoms with Crippen molar-refractivity contribution in [1.29, 1.82) is 0 Å². The summed E-state index contributed by atoms with van der Waals surface area (Å²) in [5.41, 5.74) is 2.04. The molecule has 1 spiro atoms. The third-order valence-corrected chi connectivity index (χ3v) is 7.05. The monoisotopic (exact) mass is 381 g/mol. The van der Waals surface area contributed by atoms with Crippen molar-refractivity contribution in [1.82, 2.24) is 14.6 Å². The molecular weight excluding hydrogens is 354 g/mol. The summed E-state index contributed by atoms with van der Waals surface area (Å²) in [5.74, 6) is 0.569. The first kappa shape index (κ1) is 19.3. The second-order valence-electron chi connectivity index (χ2n) is 8.17. The lowest BCUT2D eigenvalue weighted by molar-refractivity contribution is 0.0764. The SMILES string of the molecule is COc1cc2c(cn1)[C@@H](N[S+]([O-])C(C)(C)C)C1(CCN(C(=O)O)CC1)C2. The van der Waals surface area contributed by atoms with Gasteiger partial charge in [-0.2, -0.15) is 0 Å². The molecule has 0 aromatic carbocycles. The molecule has 26 heavy (non-hydrogen) atoms. The van der Waals surface area contributed by atoms with Gasteiger partial charge >= 0.3 is 6.09 Å². The van der Waals surface area contributed by atoms with Crippen LogP contribution >= 0.6 is 0 Å². The van der Waals surface area contributed by atoms with Gasteiger partial charge in [-0.15, -0.1) is 4.72 Å². The van der Waals surface area contributed by atoms with Gasteiger partial charge in [0.1, 0.15) is 4.75 Å². The zero-order valence-corrected chi connectivity index (χ0v) is 16.6. The predicted molar refractivity (Wildman–Crippen MR) is 99.5 cm³/mol. The summed E-state index contributed by atoms with van der Waals surface area (Å²) in [6.07, 6.45) is 3.21. The number of ether oxygens (including phenoxy) is 1. The number of nitrogens with one attached hydrogen (secondary N) is 1. The maximum absolute atomic E-state index is 12.8. The van der Waals surface area contributed by atoms with Crippen molar-refractivity contribution in [2.45, 2.75) is 50.8 Å². The number of hydrogen-bond donors (Lipinski definition) is 2. The van der Waals surface area contributed by atoms with Gasteiger partial charge < -0.3 is 19.3 Å². The molecule has 1 aliphatic carbocycles. The Morgan fingerprint density at radius 3 is 2.65 bits per heavy atom. The number of piperidine rings is 1. The minimum atomic E-state index is -1.23. The number of rotatable bonds is 3. The number of nitrogens with zero attached hydrogens (tertiary/aromatic N) is 2. The second kappa shape index (κ2) is 6.90. The van der Waals surface area contributed by atoms with Crippen molar-refractivity contribution < 1.29 is 19.2 Å². The van der Waals surface area contributed by atoms with Crippen LogP contribution in [0.5, 0.6) is 5.88 Å². The lowest BCUT2D eigenvalue weighted by Gasteiger charge is -2.43. The quantitative estimate of drug-likeness (QED) is 0.781. The number of likely N-dealkylation sites (tertiary alicyclic amines) is 1. The maximum atomic E-state index is 12.8. The molecule has 2 heterocycles. The van der Waals surface area contributed by atoms with E-state index in [1.54, 1.807) is 7.11 Å². The smallest absolute Gasteiger partial charge is 0.407 e. The van der Waals surface area contributed by atoms with Crippen molar-refractivity contribution in [3.05, 3.63) is 23.4 Å². The molecule has 2 N–H and O–H groups in total. The van der Waals surface area contributed by atoms with Crippen LogP contribution in [0.25, 0.3) is 0 Å². The van der Waals surface area contributed by atoms with Crippen molar-refractivity contribution in [3.63, 3.8) is 0 Å². The van der Waals surface area contributed by atoms with E-state index in [9.17, 15) is 14.5 Å². The Morgan fingerprint density at radius 1 is 1.46 bits per heavy atom. The van der Waals surface area contributed by atoms with E-state index >= 15 is 0 Å². The molecule has 1 aromatic rings. The van der Waals surface area contributed by atoms with Crippen LogP contribution in [0.4, 0.5) is 4.79 Å². The van der Waals surface area contributed by atoms with Crippen LogP contribution in [0.3, 0.4) is 0 Å². The highest BCUT2D eigenvalue weighted by Crippen LogP contribution is 2.52. The van der Waals surface area contributed by atoms with Gasteiger partial charge in [0, 0.05) is 42.1 Å². The number of amides is 1. The van der Waals surface area contributed by atoms with Gasteiger partial charge in [-0.25, -0.2) is 9.78 Å². The molecule has 1 aliphatic heterocycles. The molecule has 1 unspecified atom stereocenters. The molecule has 8 heteroatoms. The minimum absolute atomic E-state index is 0.105. The summed E-state index contributed by atoms with van der Waals surface area (Å²) in [5, 5.41) is 9.26. The molecule has 2 atom stereocenters. The summed E-state index contributed by atoms with van der Waals surface area (Å²) >= 11 is -1.23. The number of carboxylic acid groups (broad SMARTS) is 1. The Balaban J connectivity index is 1.91. The Kier molecular flexibility index (Phi) is 5.11. The van der Waals surface area contributed by atoms with Gasteiger partial charge in [-0.3, -0.25) is 0 Å². The highest BCUT2D eigenvalue weighted by atomic mass is 32.2. The highest BCUT2D eigenvalue weighted by molar-refractivity contribution is 7.90. The summed E-state index contributed by atoms with van der Waals surface area (Å²) in [4.78, 5) is 17.1. The number of carbonyl (C=O) groups is 1. The normalized spacial score (nSPS) is 23.0. The Bertz CT molecular complexity index is 684. The van der Waals surface area contributed by atoms with Crippen LogP contribution in [-0.4, -0.2) is 50.6 Å². The molecule has 1 aromatic heterocycles. The van der Waals surface area contributed by atoms with Crippen molar-refractivity contribution >= 4 is 17.5 Å². The van der Waals surface area contributed by atoms with Crippen LogP contribution in [0, 0.1) is 5.41 Å². The molecular formula is C18H27N3O4S. The fourth-order valence-corrected chi connectivity index (χ4v) is 4.85. The molecule has 0 radical (unpaired) electrons. The summed E-state index contributed by atoms with van der Waals surface area (Å²) in [6, 6.07) is 1.84. The number of hydrogen-bond acceptors (Lipinski definition) is 5. The van der Waals surface area contributed by atoms with E-state index in [-0.39, 0.29) is 16.2 Å². The molecule has 1 saturated heterocycles. The first-order chi connectivity index (χ1) is 12.2. The first-order valence-electron chi connectivity index (χ1n) is 8.85. The number of aromatic nitrogens is 1. The molecule has 7 nitrogen and oxygen atoms in total. The van der Waals surface area contributed by atoms with Crippen LogP contribution in [-0.2, 0) is 17.8 Å². The van der Waals surface area contributed by atoms with Crippen LogP contribution in [0.1, 0.15) is 50.8 Å². The summed E-state index contributed by atoms with van der Waals surface area (Å²) in [6.45, 7) is 6.82. The van der Waals surface area contributed by atoms with Gasteiger partial charge in [0.05, 0.1) is 13.2 Å². The van der Waals surface area contributed by atoms with Crippen LogP contribution < -0.4 is 9.46 Å². The lowest BCUT2D eigenvalue weighted by atomic mass is 9.73. The van der Waals surface area contributed by atoms with E-state index in [0.29, 0.717) is 19.0 Å². The molecule has 0 bridgehead atoms. The van der Waals surface area contributed by atoms with Crippen molar-refractivity contribution in [2.24, 2.45) is 5.41 Å². The van der Waals surface area contributed by atoms with Gasteiger partial charge in [-0.05, 0) is 51.2 Å². The summed E-state index contributed by atoms with van der Waals surface area (Å²) in [7, 11) is 1.59. The zero-order chi connectivity index (χ0) is 19.1. The molecule has 1 fully saturated rings. The lowest BCUT2D eigenvalue weighted by Crippen LogP contribution is -2.50. The average molecular weight is 381 g/mol. The molecule has 2 aliphatic rings. The molecule has 144 valence electrons.